The molecule has 106 valence electrons. The van der Waals surface area contributed by atoms with Gasteiger partial charge in [-0.3, -0.25) is 15.1 Å². The van der Waals surface area contributed by atoms with Crippen molar-refractivity contribution in [1.82, 2.24) is 10.3 Å². The molecule has 0 radical (unpaired) electrons. The molecule has 0 aliphatic heterocycles. The lowest BCUT2D eigenvalue weighted by atomic mass is 10.1. The van der Waals surface area contributed by atoms with E-state index in [2.05, 4.69) is 5.43 Å². The number of amides is 1. The average Bonchev–Trinajstić information content (AvgIpc) is 2.39. The summed E-state index contributed by atoms with van der Waals surface area (Å²) in [5, 5.41) is 0. The molecule has 1 aromatic rings. The number of benzene rings is 1. The molecule has 0 fully saturated rings. The maximum absolute atomic E-state index is 11.9. The Labute approximate surface area is 114 Å². The Bertz CT molecular complexity index is 382. The number of carbonyl (C=O) groups is 1. The van der Waals surface area contributed by atoms with Gasteiger partial charge >= 0.3 is 0 Å². The highest BCUT2D eigenvalue weighted by atomic mass is 16.5. The zero-order valence-electron chi connectivity index (χ0n) is 11.8. The third-order valence-corrected chi connectivity index (χ3v) is 2.84. The molecule has 1 amide bonds. The van der Waals surface area contributed by atoms with E-state index in [1.165, 1.54) is 0 Å². The Morgan fingerprint density at radius 2 is 2.00 bits per heavy atom. The van der Waals surface area contributed by atoms with Crippen LogP contribution in [0.1, 0.15) is 25.5 Å². The van der Waals surface area contributed by atoms with E-state index in [-0.39, 0.29) is 12.0 Å². The van der Waals surface area contributed by atoms with Crippen molar-refractivity contribution >= 4 is 5.91 Å². The molecule has 0 aliphatic rings. The molecule has 1 unspecified atom stereocenters. The van der Waals surface area contributed by atoms with Crippen molar-refractivity contribution < 1.29 is 9.53 Å². The van der Waals surface area contributed by atoms with Gasteiger partial charge in [-0.2, -0.15) is 0 Å². The van der Waals surface area contributed by atoms with Crippen molar-refractivity contribution in [3.63, 3.8) is 0 Å². The van der Waals surface area contributed by atoms with Gasteiger partial charge in [-0.05, 0) is 26.5 Å². The maximum Gasteiger partial charge on any atom is 0.255 e. The topological polar surface area (TPSA) is 67.6 Å². The zero-order chi connectivity index (χ0) is 14.3. The van der Waals surface area contributed by atoms with E-state index in [1.807, 2.05) is 56.1 Å². The van der Waals surface area contributed by atoms with Gasteiger partial charge in [0.25, 0.3) is 5.91 Å². The summed E-state index contributed by atoms with van der Waals surface area (Å²) in [6.45, 7) is 5.21. The number of nitrogens with one attached hydrogen (secondary N) is 1. The van der Waals surface area contributed by atoms with Gasteiger partial charge in [0, 0.05) is 6.54 Å². The van der Waals surface area contributed by atoms with Crippen LogP contribution >= 0.6 is 0 Å². The average molecular weight is 265 g/mol. The Morgan fingerprint density at radius 1 is 1.37 bits per heavy atom. The molecule has 0 heterocycles. The first-order valence-electron chi connectivity index (χ1n) is 6.43. The number of nitrogens with two attached hydrogens (primary N) is 1. The van der Waals surface area contributed by atoms with Gasteiger partial charge in [-0.15, -0.1) is 0 Å². The lowest BCUT2D eigenvalue weighted by Gasteiger charge is -2.27. The first kappa shape index (κ1) is 15.6. The van der Waals surface area contributed by atoms with E-state index in [9.17, 15) is 4.79 Å². The van der Waals surface area contributed by atoms with Crippen LogP contribution in [0.3, 0.4) is 0 Å². The Kier molecular flexibility index (Phi) is 6.49. The monoisotopic (exact) mass is 265 g/mol. The third kappa shape index (κ3) is 4.98. The first-order valence-corrected chi connectivity index (χ1v) is 6.43. The summed E-state index contributed by atoms with van der Waals surface area (Å²) < 4.78 is 5.51. The number of ether oxygens (including phenoxy) is 1. The molecule has 5 nitrogen and oxygen atoms in total. The normalized spacial score (nSPS) is 12.7. The third-order valence-electron chi connectivity index (χ3n) is 2.84. The highest BCUT2D eigenvalue weighted by Crippen LogP contribution is 2.18. The minimum Gasteiger partial charge on any atom is -0.377 e. The number of likely N-dealkylation sites (N-methyl/N-ethyl adjacent to an activating group) is 1. The summed E-state index contributed by atoms with van der Waals surface area (Å²) in [5.74, 6) is 5.04. The van der Waals surface area contributed by atoms with Crippen molar-refractivity contribution in [1.29, 1.82) is 0 Å². The fraction of sp³-hybridized carbons (Fsp3) is 0.500. The largest absolute Gasteiger partial charge is 0.377 e. The minimum atomic E-state index is -0.401. The quantitative estimate of drug-likeness (QED) is 0.440. The molecule has 3 N–H and O–H groups in total. The smallest absolute Gasteiger partial charge is 0.255 e. The standard InChI is InChI=1S/C14H23N3O2/c1-11(2)19-10-9-17(3)13(14(18)16-15)12-7-5-4-6-8-12/h4-8,11,13H,9-10,15H2,1-3H3,(H,16,18). The van der Waals surface area contributed by atoms with Crippen LogP contribution in [0.5, 0.6) is 0 Å². The second-order valence-electron chi connectivity index (χ2n) is 4.72. The summed E-state index contributed by atoms with van der Waals surface area (Å²) in [5.41, 5.74) is 3.14. The molecule has 0 spiro atoms. The molecule has 0 bridgehead atoms. The Morgan fingerprint density at radius 3 is 2.53 bits per heavy atom. The molecular formula is C14H23N3O2. The predicted octanol–water partition coefficient (Wildman–Crippen LogP) is 1.07. The summed E-state index contributed by atoms with van der Waals surface area (Å²) in [4.78, 5) is 13.9. The van der Waals surface area contributed by atoms with Crippen LogP contribution in [0.15, 0.2) is 30.3 Å². The predicted molar refractivity (Wildman–Crippen MR) is 75.2 cm³/mol. The van der Waals surface area contributed by atoms with Crippen molar-refractivity contribution in [2.75, 3.05) is 20.2 Å². The Hall–Kier alpha value is -1.43. The second-order valence-corrected chi connectivity index (χ2v) is 4.72. The lowest BCUT2D eigenvalue weighted by Crippen LogP contribution is -2.42. The fourth-order valence-electron chi connectivity index (χ4n) is 1.88. The molecule has 1 atom stereocenters. The molecule has 0 saturated carbocycles. The van der Waals surface area contributed by atoms with Gasteiger partial charge in [0.15, 0.2) is 0 Å². The maximum atomic E-state index is 11.9. The summed E-state index contributed by atoms with van der Waals surface area (Å²) in [6.07, 6.45) is 0.187. The van der Waals surface area contributed by atoms with E-state index in [0.717, 1.165) is 5.56 Å². The highest BCUT2D eigenvalue weighted by Gasteiger charge is 2.24. The van der Waals surface area contributed by atoms with Gasteiger partial charge in [-0.25, -0.2) is 5.84 Å². The van der Waals surface area contributed by atoms with Crippen molar-refractivity contribution in [3.8, 4) is 0 Å². The summed E-state index contributed by atoms with van der Waals surface area (Å²) in [7, 11) is 1.89. The number of carbonyl (C=O) groups excluding carboxylic acids is 1. The SMILES string of the molecule is CC(C)OCCN(C)C(C(=O)NN)c1ccccc1. The van der Waals surface area contributed by atoms with E-state index in [1.54, 1.807) is 0 Å². The highest BCUT2D eigenvalue weighted by molar-refractivity contribution is 5.82. The van der Waals surface area contributed by atoms with Crippen molar-refractivity contribution in [3.05, 3.63) is 35.9 Å². The number of hydrogen-bond donors (Lipinski definition) is 2. The summed E-state index contributed by atoms with van der Waals surface area (Å²) in [6, 6.07) is 9.17. The van der Waals surface area contributed by atoms with Crippen LogP contribution in [0.25, 0.3) is 0 Å². The Balaban J connectivity index is 2.72. The fourth-order valence-corrected chi connectivity index (χ4v) is 1.88. The van der Waals surface area contributed by atoms with Gasteiger partial charge < -0.3 is 4.74 Å². The van der Waals surface area contributed by atoms with E-state index in [4.69, 9.17) is 10.6 Å². The number of rotatable bonds is 7. The van der Waals surface area contributed by atoms with Crippen LogP contribution in [-0.4, -0.2) is 37.1 Å². The number of nitrogens with zero attached hydrogens (tertiary/aromatic N) is 1. The van der Waals surface area contributed by atoms with Crippen molar-refractivity contribution in [2.24, 2.45) is 5.84 Å². The van der Waals surface area contributed by atoms with Crippen LogP contribution in [-0.2, 0) is 9.53 Å². The number of hydrazine groups is 1. The molecular weight excluding hydrogens is 242 g/mol. The van der Waals surface area contributed by atoms with Crippen LogP contribution in [0, 0.1) is 0 Å². The minimum absolute atomic E-state index is 0.187. The first-order chi connectivity index (χ1) is 9.06. The van der Waals surface area contributed by atoms with Gasteiger partial charge in [0.1, 0.15) is 6.04 Å². The van der Waals surface area contributed by atoms with Gasteiger partial charge in [-0.1, -0.05) is 30.3 Å². The van der Waals surface area contributed by atoms with Crippen LogP contribution in [0.4, 0.5) is 0 Å². The molecule has 1 rings (SSSR count). The lowest BCUT2D eigenvalue weighted by molar-refractivity contribution is -0.126. The molecule has 5 heteroatoms. The number of hydrogen-bond acceptors (Lipinski definition) is 4. The second kappa shape index (κ2) is 7.89. The van der Waals surface area contributed by atoms with Crippen LogP contribution < -0.4 is 11.3 Å². The van der Waals surface area contributed by atoms with Gasteiger partial charge in [0.05, 0.1) is 12.7 Å². The molecule has 0 aromatic heterocycles. The van der Waals surface area contributed by atoms with E-state index in [0.29, 0.717) is 13.2 Å². The van der Waals surface area contributed by atoms with Crippen LogP contribution in [0.2, 0.25) is 0 Å². The van der Waals surface area contributed by atoms with E-state index >= 15 is 0 Å². The molecule has 19 heavy (non-hydrogen) atoms. The van der Waals surface area contributed by atoms with Gasteiger partial charge in [0.2, 0.25) is 0 Å². The summed E-state index contributed by atoms with van der Waals surface area (Å²) >= 11 is 0. The zero-order valence-corrected chi connectivity index (χ0v) is 11.8. The molecule has 0 aliphatic carbocycles. The molecule has 0 saturated heterocycles. The van der Waals surface area contributed by atoms with Crippen molar-refractivity contribution in [2.45, 2.75) is 26.0 Å². The molecule has 1 aromatic carbocycles. The van der Waals surface area contributed by atoms with E-state index < -0.39 is 6.04 Å².